The van der Waals surface area contributed by atoms with Crippen molar-refractivity contribution in [3.8, 4) is 0 Å². The van der Waals surface area contributed by atoms with Crippen molar-refractivity contribution in [2.45, 2.75) is 32.6 Å². The maximum atomic E-state index is 12.5. The van der Waals surface area contributed by atoms with Crippen molar-refractivity contribution in [2.75, 3.05) is 12.3 Å². The lowest BCUT2D eigenvalue weighted by Gasteiger charge is -2.27. The van der Waals surface area contributed by atoms with Crippen LogP contribution in [0.25, 0.3) is 10.9 Å². The summed E-state index contributed by atoms with van der Waals surface area (Å²) in [6.45, 7) is 8.74. The number of aromatic amines is 1. The van der Waals surface area contributed by atoms with E-state index in [1.54, 1.807) is 18.2 Å². The van der Waals surface area contributed by atoms with E-state index in [9.17, 15) is 8.42 Å². The summed E-state index contributed by atoms with van der Waals surface area (Å²) in [6, 6.07) is 5.15. The Morgan fingerprint density at radius 3 is 2.62 bits per heavy atom. The molecule has 0 radical (unpaired) electrons. The highest BCUT2D eigenvalue weighted by Gasteiger charge is 2.24. The van der Waals surface area contributed by atoms with Crippen LogP contribution in [0.15, 0.2) is 29.3 Å². The van der Waals surface area contributed by atoms with Crippen LogP contribution in [0.2, 0.25) is 0 Å². The quantitative estimate of drug-likeness (QED) is 0.759. The van der Waals surface area contributed by atoms with Crippen molar-refractivity contribution in [3.63, 3.8) is 0 Å². The van der Waals surface area contributed by atoms with E-state index in [1.807, 2.05) is 6.92 Å². The predicted octanol–water partition coefficient (Wildman–Crippen LogP) is 2.71. The van der Waals surface area contributed by atoms with Gasteiger partial charge in [0.05, 0.1) is 0 Å². The summed E-state index contributed by atoms with van der Waals surface area (Å²) in [5.41, 5.74) is 7.08. The highest BCUT2D eigenvalue weighted by Crippen LogP contribution is 2.27. The van der Waals surface area contributed by atoms with E-state index in [4.69, 9.17) is 5.73 Å². The Hall–Kier alpha value is -1.53. The summed E-state index contributed by atoms with van der Waals surface area (Å²) in [4.78, 5) is 3.22. The molecule has 0 bridgehead atoms. The number of hydrogen-bond acceptors (Lipinski definition) is 3. The number of fused-ring (bicyclic) bond motifs is 1. The van der Waals surface area contributed by atoms with Crippen LogP contribution in [0.4, 0.5) is 5.69 Å². The summed E-state index contributed by atoms with van der Waals surface area (Å²) >= 11 is 0. The molecule has 1 atom stereocenters. The van der Waals surface area contributed by atoms with Gasteiger partial charge in [-0.15, -0.1) is 0 Å². The first-order chi connectivity index (χ1) is 9.61. The molecular weight excluding hydrogens is 286 g/mol. The molecule has 0 saturated carbocycles. The van der Waals surface area contributed by atoms with Crippen molar-refractivity contribution >= 4 is 26.6 Å². The first-order valence-electron chi connectivity index (χ1n) is 6.97. The Kier molecular flexibility index (Phi) is 4.04. The molecule has 0 aliphatic carbocycles. The van der Waals surface area contributed by atoms with E-state index < -0.39 is 10.0 Å². The summed E-state index contributed by atoms with van der Waals surface area (Å²) in [7, 11) is -3.53. The molecule has 21 heavy (non-hydrogen) atoms. The van der Waals surface area contributed by atoms with Crippen LogP contribution < -0.4 is 10.5 Å². The number of H-pyrrole nitrogens is 1. The Labute approximate surface area is 126 Å². The maximum Gasteiger partial charge on any atom is 0.242 e. The van der Waals surface area contributed by atoms with E-state index in [1.165, 1.54) is 6.20 Å². The predicted molar refractivity (Wildman–Crippen MR) is 86.5 cm³/mol. The Morgan fingerprint density at radius 1 is 1.33 bits per heavy atom. The van der Waals surface area contributed by atoms with Gasteiger partial charge in [-0.1, -0.05) is 27.7 Å². The van der Waals surface area contributed by atoms with Crippen molar-refractivity contribution in [2.24, 2.45) is 11.3 Å². The normalized spacial score (nSPS) is 14.5. The van der Waals surface area contributed by atoms with E-state index in [0.29, 0.717) is 17.6 Å². The SMILES string of the molecule is CC(CNS(=O)(=O)c1c[nH]c2cc(N)ccc12)C(C)(C)C. The maximum absolute atomic E-state index is 12.5. The molecule has 2 aromatic rings. The summed E-state index contributed by atoms with van der Waals surface area (Å²) < 4.78 is 27.6. The second-order valence-corrected chi connectivity index (χ2v) is 8.31. The fourth-order valence-electron chi connectivity index (χ4n) is 1.96. The summed E-state index contributed by atoms with van der Waals surface area (Å²) in [5.74, 6) is 0.230. The van der Waals surface area contributed by atoms with Gasteiger partial charge in [-0.05, 0) is 29.5 Å². The number of nitrogens with two attached hydrogens (primary N) is 1. The molecule has 4 N–H and O–H groups in total. The molecule has 0 saturated heterocycles. The third-order valence-corrected chi connectivity index (χ3v) is 5.48. The molecule has 0 aliphatic heterocycles. The fraction of sp³-hybridized carbons (Fsp3) is 0.467. The number of anilines is 1. The minimum absolute atomic E-state index is 0.0528. The number of aromatic nitrogens is 1. The van der Waals surface area contributed by atoms with Gasteiger partial charge in [0.2, 0.25) is 10.0 Å². The van der Waals surface area contributed by atoms with Gasteiger partial charge >= 0.3 is 0 Å². The van der Waals surface area contributed by atoms with Crippen LogP contribution in [0, 0.1) is 11.3 Å². The molecule has 1 aromatic carbocycles. The average Bonchev–Trinajstić information content (AvgIpc) is 2.78. The number of nitrogen functional groups attached to an aromatic ring is 1. The number of rotatable bonds is 4. The Morgan fingerprint density at radius 2 is 2.00 bits per heavy atom. The molecule has 6 heteroatoms. The van der Waals surface area contributed by atoms with Crippen LogP contribution in [-0.4, -0.2) is 19.9 Å². The number of benzene rings is 1. The summed E-state index contributed by atoms with van der Waals surface area (Å²) in [5, 5.41) is 0.653. The Bertz CT molecular complexity index is 742. The lowest BCUT2D eigenvalue weighted by atomic mass is 9.82. The Balaban J connectivity index is 2.26. The highest BCUT2D eigenvalue weighted by atomic mass is 32.2. The molecule has 0 aliphatic rings. The minimum Gasteiger partial charge on any atom is -0.399 e. The van der Waals surface area contributed by atoms with E-state index in [0.717, 1.165) is 5.52 Å². The molecule has 116 valence electrons. The van der Waals surface area contributed by atoms with Crippen molar-refractivity contribution in [1.82, 2.24) is 9.71 Å². The number of nitrogens with one attached hydrogen (secondary N) is 2. The van der Waals surface area contributed by atoms with Crippen LogP contribution in [0.5, 0.6) is 0 Å². The lowest BCUT2D eigenvalue weighted by molar-refractivity contribution is 0.263. The van der Waals surface area contributed by atoms with Gasteiger partial charge in [-0.2, -0.15) is 0 Å². The fourth-order valence-corrected chi connectivity index (χ4v) is 3.26. The van der Waals surface area contributed by atoms with Crippen LogP contribution in [-0.2, 0) is 10.0 Å². The van der Waals surface area contributed by atoms with Crippen molar-refractivity contribution in [1.29, 1.82) is 0 Å². The van der Waals surface area contributed by atoms with Crippen LogP contribution in [0.3, 0.4) is 0 Å². The largest absolute Gasteiger partial charge is 0.399 e. The molecule has 1 heterocycles. The van der Waals surface area contributed by atoms with Gasteiger partial charge in [-0.25, -0.2) is 13.1 Å². The number of sulfonamides is 1. The standard InChI is InChI=1S/C15H23N3O2S/c1-10(15(2,3)4)8-18-21(19,20)14-9-17-13-7-11(16)5-6-12(13)14/h5-7,9-10,17-18H,8,16H2,1-4H3. The van der Waals surface area contributed by atoms with Crippen LogP contribution in [0.1, 0.15) is 27.7 Å². The molecule has 2 rings (SSSR count). The van der Waals surface area contributed by atoms with E-state index in [2.05, 4.69) is 30.5 Å². The summed E-state index contributed by atoms with van der Waals surface area (Å²) in [6.07, 6.45) is 1.51. The van der Waals surface area contributed by atoms with E-state index in [-0.39, 0.29) is 16.2 Å². The molecule has 1 aromatic heterocycles. The van der Waals surface area contributed by atoms with Gasteiger partial charge in [0, 0.05) is 29.3 Å². The minimum atomic E-state index is -3.53. The lowest BCUT2D eigenvalue weighted by Crippen LogP contribution is -2.33. The van der Waals surface area contributed by atoms with Crippen molar-refractivity contribution in [3.05, 3.63) is 24.4 Å². The van der Waals surface area contributed by atoms with Gasteiger partial charge in [0.1, 0.15) is 4.90 Å². The monoisotopic (exact) mass is 309 g/mol. The molecule has 0 fully saturated rings. The van der Waals surface area contributed by atoms with Gasteiger partial charge in [0.25, 0.3) is 0 Å². The first-order valence-corrected chi connectivity index (χ1v) is 8.46. The first kappa shape index (κ1) is 15.9. The van der Waals surface area contributed by atoms with Gasteiger partial charge in [0.15, 0.2) is 0 Å². The van der Waals surface area contributed by atoms with E-state index >= 15 is 0 Å². The number of hydrogen-bond donors (Lipinski definition) is 3. The zero-order valence-corrected chi connectivity index (χ0v) is 13.7. The topological polar surface area (TPSA) is 88.0 Å². The second-order valence-electron chi connectivity index (χ2n) is 6.58. The third kappa shape index (κ3) is 3.39. The van der Waals surface area contributed by atoms with Crippen LogP contribution >= 0.6 is 0 Å². The zero-order chi connectivity index (χ0) is 15.8. The highest BCUT2D eigenvalue weighted by molar-refractivity contribution is 7.89. The second kappa shape index (κ2) is 5.35. The molecule has 1 unspecified atom stereocenters. The average molecular weight is 309 g/mol. The van der Waals surface area contributed by atoms with Gasteiger partial charge < -0.3 is 10.7 Å². The smallest absolute Gasteiger partial charge is 0.242 e. The van der Waals surface area contributed by atoms with Gasteiger partial charge in [-0.3, -0.25) is 0 Å². The van der Waals surface area contributed by atoms with Crippen molar-refractivity contribution < 1.29 is 8.42 Å². The molecule has 0 spiro atoms. The molecule has 5 nitrogen and oxygen atoms in total. The molecular formula is C15H23N3O2S. The third-order valence-electron chi connectivity index (χ3n) is 4.02. The molecule has 0 amide bonds. The zero-order valence-electron chi connectivity index (χ0n) is 12.9.